The molecule has 3 N–H and O–H groups in total. The summed E-state index contributed by atoms with van der Waals surface area (Å²) in [5, 5.41) is 14.6. The molecule has 2 aliphatic rings. The first-order valence-corrected chi connectivity index (χ1v) is 9.37. The van der Waals surface area contributed by atoms with Gasteiger partial charge in [0.1, 0.15) is 11.6 Å². The first-order chi connectivity index (χ1) is 13.6. The number of thiocarbonyl (C=S) groups is 1. The Labute approximate surface area is 170 Å². The summed E-state index contributed by atoms with van der Waals surface area (Å²) in [6, 6.07) is 3.51. The number of hydrogen-bond acceptors (Lipinski definition) is 5. The number of carbonyl (C=O) groups excluding carboxylic acids is 1. The lowest BCUT2D eigenvalue weighted by atomic mass is 9.82. The van der Waals surface area contributed by atoms with Crippen LogP contribution in [-0.4, -0.2) is 54.7 Å². The van der Waals surface area contributed by atoms with E-state index in [1.807, 2.05) is 0 Å². The topological polar surface area (TPSA) is 99.4 Å². The molecule has 1 aromatic heterocycles. The normalized spacial score (nSPS) is 19.0. The number of ether oxygens (including phenoxy) is 2. The van der Waals surface area contributed by atoms with E-state index in [1.54, 1.807) is 31.5 Å². The van der Waals surface area contributed by atoms with Crippen molar-refractivity contribution in [3.05, 3.63) is 65.0 Å². The lowest BCUT2D eigenvalue weighted by Gasteiger charge is -2.30. The SMILES string of the molecule is C1COCC[NH2+]1.C=CCOC(=O)C1=C(C)NC(=S)C(=C=[N-])C1c1ccncc1. The maximum atomic E-state index is 12.4. The Morgan fingerprint density at radius 2 is 2.18 bits per heavy atom. The summed E-state index contributed by atoms with van der Waals surface area (Å²) in [6.45, 7) is 9.55. The Hall–Kier alpha value is -2.64. The smallest absolute Gasteiger partial charge is 0.337 e. The third-order valence-electron chi connectivity index (χ3n) is 4.17. The van der Waals surface area contributed by atoms with Gasteiger partial charge in [0.05, 0.1) is 37.8 Å². The monoisotopic (exact) mass is 400 g/mol. The van der Waals surface area contributed by atoms with Gasteiger partial charge in [-0.05, 0) is 24.6 Å². The van der Waals surface area contributed by atoms with Crippen LogP contribution in [0.15, 0.2) is 54.0 Å². The molecule has 1 atom stereocenters. The molecule has 0 bridgehead atoms. The van der Waals surface area contributed by atoms with Crippen LogP contribution in [0.25, 0.3) is 5.41 Å². The van der Waals surface area contributed by atoms with Crippen LogP contribution in [0.5, 0.6) is 0 Å². The Morgan fingerprint density at radius 1 is 1.50 bits per heavy atom. The summed E-state index contributed by atoms with van der Waals surface area (Å²) in [5.74, 6) is 1.04. The molecule has 0 aliphatic carbocycles. The van der Waals surface area contributed by atoms with Crippen molar-refractivity contribution in [1.82, 2.24) is 10.3 Å². The van der Waals surface area contributed by atoms with Crippen LogP contribution >= 0.6 is 12.2 Å². The zero-order chi connectivity index (χ0) is 20.4. The van der Waals surface area contributed by atoms with Gasteiger partial charge in [-0.3, -0.25) is 10.9 Å². The number of esters is 1. The van der Waals surface area contributed by atoms with Gasteiger partial charge >= 0.3 is 5.97 Å². The molecule has 0 amide bonds. The van der Waals surface area contributed by atoms with E-state index < -0.39 is 11.9 Å². The highest BCUT2D eigenvalue weighted by Crippen LogP contribution is 2.36. The van der Waals surface area contributed by atoms with Crippen LogP contribution in [0, 0.1) is 0 Å². The molecule has 0 aromatic carbocycles. The van der Waals surface area contributed by atoms with E-state index in [1.165, 1.54) is 6.08 Å². The predicted molar refractivity (Wildman–Crippen MR) is 111 cm³/mol. The summed E-state index contributed by atoms with van der Waals surface area (Å²) >= 11 is 5.22. The molecule has 8 heteroatoms. The van der Waals surface area contributed by atoms with Crippen LogP contribution in [0.4, 0.5) is 0 Å². The number of nitrogens with two attached hydrogens (primary N) is 1. The van der Waals surface area contributed by atoms with Gasteiger partial charge < -0.3 is 25.5 Å². The summed E-state index contributed by atoms with van der Waals surface area (Å²) in [5.41, 5.74) is 2.04. The highest BCUT2D eigenvalue weighted by Gasteiger charge is 2.34. The second kappa shape index (κ2) is 11.3. The number of carbonyl (C=O) groups is 1. The fourth-order valence-corrected chi connectivity index (χ4v) is 3.18. The zero-order valence-corrected chi connectivity index (χ0v) is 16.6. The van der Waals surface area contributed by atoms with Crippen molar-refractivity contribution in [3.63, 3.8) is 0 Å². The van der Waals surface area contributed by atoms with Crippen molar-refractivity contribution >= 4 is 29.0 Å². The molecule has 1 fully saturated rings. The van der Waals surface area contributed by atoms with Gasteiger partial charge in [-0.25, -0.2) is 4.79 Å². The molecule has 148 valence electrons. The highest BCUT2D eigenvalue weighted by atomic mass is 32.1. The number of pyridine rings is 1. The van der Waals surface area contributed by atoms with Crippen molar-refractivity contribution in [3.8, 4) is 0 Å². The molecule has 3 rings (SSSR count). The van der Waals surface area contributed by atoms with Crippen LogP contribution < -0.4 is 10.6 Å². The number of allylic oxidation sites excluding steroid dienone is 1. The second-order valence-corrected chi connectivity index (χ2v) is 6.51. The Morgan fingerprint density at radius 3 is 2.68 bits per heavy atom. The molecule has 2 aliphatic heterocycles. The summed E-state index contributed by atoms with van der Waals surface area (Å²) in [7, 11) is 0. The van der Waals surface area contributed by atoms with Gasteiger partial charge in [-0.2, -0.15) is 0 Å². The molecular formula is C20H24N4O3S. The second-order valence-electron chi connectivity index (χ2n) is 6.10. The fourth-order valence-electron chi connectivity index (χ4n) is 2.86. The Balaban J connectivity index is 0.000000397. The number of nitrogens with one attached hydrogen (secondary N) is 1. The first-order valence-electron chi connectivity index (χ1n) is 8.96. The third kappa shape index (κ3) is 5.68. The number of nitrogens with zero attached hydrogens (tertiary/aromatic N) is 2. The van der Waals surface area contributed by atoms with E-state index in [-0.39, 0.29) is 6.61 Å². The Kier molecular flexibility index (Phi) is 8.71. The van der Waals surface area contributed by atoms with Gasteiger partial charge in [-0.1, -0.05) is 24.9 Å². The average molecular weight is 401 g/mol. The van der Waals surface area contributed by atoms with Crippen LogP contribution in [-0.2, 0) is 14.3 Å². The van der Waals surface area contributed by atoms with E-state index in [9.17, 15) is 10.2 Å². The summed E-state index contributed by atoms with van der Waals surface area (Å²) in [4.78, 5) is 16.7. The lowest BCUT2D eigenvalue weighted by Crippen LogP contribution is -2.87. The van der Waals surface area contributed by atoms with E-state index in [4.69, 9.17) is 21.7 Å². The van der Waals surface area contributed by atoms with Crippen molar-refractivity contribution in [2.45, 2.75) is 12.8 Å². The minimum atomic E-state index is -0.556. The molecule has 1 aromatic rings. The highest BCUT2D eigenvalue weighted by molar-refractivity contribution is 7.80. The van der Waals surface area contributed by atoms with Crippen LogP contribution in [0.3, 0.4) is 0 Å². The van der Waals surface area contributed by atoms with Gasteiger partial charge in [0.25, 0.3) is 0 Å². The quantitative estimate of drug-likeness (QED) is 0.256. The van der Waals surface area contributed by atoms with Crippen molar-refractivity contribution in [2.75, 3.05) is 32.9 Å². The van der Waals surface area contributed by atoms with Crippen molar-refractivity contribution < 1.29 is 19.6 Å². The molecule has 0 radical (unpaired) electrons. The molecule has 1 unspecified atom stereocenters. The standard InChI is InChI=1S/C16H14N3O2S.C4H9NO/c1-3-8-21-16(20)13-10(2)19-15(22)12(9-17)14(13)11-4-6-18-7-5-11;1-3-6-4-2-5-1/h3-7,14H,1,8H2,2H3,(H,19,22);5H,1-4H2/q-1;/p+1. The number of quaternary nitrogens is 1. The van der Waals surface area contributed by atoms with Gasteiger partial charge in [0.15, 0.2) is 0 Å². The third-order valence-corrected chi connectivity index (χ3v) is 4.49. The molecule has 0 saturated carbocycles. The van der Waals surface area contributed by atoms with Crippen LogP contribution in [0.1, 0.15) is 18.4 Å². The number of hydrogen-bond donors (Lipinski definition) is 2. The maximum absolute atomic E-state index is 12.4. The predicted octanol–water partition coefficient (Wildman–Crippen LogP) is 0.845. The lowest BCUT2D eigenvalue weighted by molar-refractivity contribution is -0.670. The summed E-state index contributed by atoms with van der Waals surface area (Å²) in [6.07, 6.45) is 4.71. The average Bonchev–Trinajstić information content (AvgIpc) is 2.74. The van der Waals surface area contributed by atoms with E-state index >= 15 is 0 Å². The molecule has 28 heavy (non-hydrogen) atoms. The van der Waals surface area contributed by atoms with Crippen molar-refractivity contribution in [1.29, 1.82) is 0 Å². The molecule has 1 saturated heterocycles. The first kappa shape index (κ1) is 21.7. The molecule has 7 nitrogen and oxygen atoms in total. The van der Waals surface area contributed by atoms with E-state index in [2.05, 4.69) is 28.1 Å². The number of aromatic nitrogens is 1. The maximum Gasteiger partial charge on any atom is 0.337 e. The molecular weight excluding hydrogens is 376 g/mol. The zero-order valence-electron chi connectivity index (χ0n) is 15.8. The summed E-state index contributed by atoms with van der Waals surface area (Å²) < 4.78 is 10.2. The van der Waals surface area contributed by atoms with E-state index in [0.29, 0.717) is 21.8 Å². The molecule has 3 heterocycles. The van der Waals surface area contributed by atoms with Gasteiger partial charge in [0, 0.05) is 23.7 Å². The Bertz CT molecular complexity index is 785. The largest absolute Gasteiger partial charge is 0.763 e. The van der Waals surface area contributed by atoms with E-state index in [0.717, 1.165) is 31.9 Å². The fraction of sp³-hybridized carbons (Fsp3) is 0.350. The number of rotatable bonds is 4. The minimum absolute atomic E-state index is 0.102. The van der Waals surface area contributed by atoms with Gasteiger partial charge in [0.2, 0.25) is 0 Å². The minimum Gasteiger partial charge on any atom is -0.763 e. The van der Waals surface area contributed by atoms with Crippen molar-refractivity contribution in [2.24, 2.45) is 0 Å². The van der Waals surface area contributed by atoms with Gasteiger partial charge in [-0.15, -0.1) is 0 Å². The van der Waals surface area contributed by atoms with Crippen LogP contribution in [0.2, 0.25) is 0 Å². The molecule has 0 spiro atoms. The number of morpholine rings is 1.